The third-order valence-electron chi connectivity index (χ3n) is 3.77. The molecule has 94 valence electrons. The second-order valence-corrected chi connectivity index (χ2v) is 5.89. The highest BCUT2D eigenvalue weighted by Crippen LogP contribution is 2.35. The van der Waals surface area contributed by atoms with Gasteiger partial charge in [0.15, 0.2) is 0 Å². The number of anilines is 1. The Morgan fingerprint density at radius 3 is 2.72 bits per heavy atom. The summed E-state index contributed by atoms with van der Waals surface area (Å²) in [6.07, 6.45) is 3.46. The molecule has 1 saturated carbocycles. The number of carbonyl (C=O) groups excluding carboxylic acids is 1. The molecule has 3 rings (SSSR count). The fourth-order valence-electron chi connectivity index (χ4n) is 2.32. The topological polar surface area (TPSA) is 46.3 Å². The van der Waals surface area contributed by atoms with Crippen LogP contribution in [0.2, 0.25) is 0 Å². The molecule has 2 N–H and O–H groups in total. The van der Waals surface area contributed by atoms with Crippen LogP contribution in [0.3, 0.4) is 0 Å². The molecule has 0 bridgehead atoms. The second-order valence-electron chi connectivity index (χ2n) is 4.84. The molecular formula is C14H16N2OS. The van der Waals surface area contributed by atoms with Gasteiger partial charge in [-0.05, 0) is 25.3 Å². The third kappa shape index (κ3) is 1.68. The summed E-state index contributed by atoms with van der Waals surface area (Å²) < 4.78 is 1.08. The number of nitrogens with two attached hydrogens (primary N) is 1. The molecule has 2 aromatic rings. The zero-order valence-corrected chi connectivity index (χ0v) is 11.2. The van der Waals surface area contributed by atoms with Gasteiger partial charge in [0.05, 0.1) is 5.69 Å². The van der Waals surface area contributed by atoms with E-state index in [1.165, 1.54) is 17.8 Å². The van der Waals surface area contributed by atoms with E-state index in [0.29, 0.717) is 16.6 Å². The third-order valence-corrected chi connectivity index (χ3v) is 4.95. The summed E-state index contributed by atoms with van der Waals surface area (Å²) in [5.41, 5.74) is 6.73. The van der Waals surface area contributed by atoms with Crippen LogP contribution in [0.25, 0.3) is 10.1 Å². The molecule has 1 aromatic carbocycles. The van der Waals surface area contributed by atoms with Gasteiger partial charge in [0.1, 0.15) is 4.88 Å². The van der Waals surface area contributed by atoms with Crippen LogP contribution < -0.4 is 5.73 Å². The van der Waals surface area contributed by atoms with E-state index >= 15 is 0 Å². The summed E-state index contributed by atoms with van der Waals surface area (Å²) >= 11 is 1.50. The van der Waals surface area contributed by atoms with Crippen molar-refractivity contribution in [3.05, 3.63) is 29.1 Å². The van der Waals surface area contributed by atoms with Crippen molar-refractivity contribution in [3.63, 3.8) is 0 Å². The van der Waals surface area contributed by atoms with Crippen molar-refractivity contribution in [3.8, 4) is 0 Å². The summed E-state index contributed by atoms with van der Waals surface area (Å²) in [5, 5.41) is 0.993. The van der Waals surface area contributed by atoms with Gasteiger partial charge in [-0.3, -0.25) is 4.79 Å². The monoisotopic (exact) mass is 260 g/mol. The average molecular weight is 260 g/mol. The lowest BCUT2D eigenvalue weighted by molar-refractivity contribution is 0.0658. The average Bonchev–Trinajstić information content (AvgIpc) is 2.64. The van der Waals surface area contributed by atoms with E-state index in [0.717, 1.165) is 22.9 Å². The molecule has 1 aliphatic rings. The molecule has 18 heavy (non-hydrogen) atoms. The van der Waals surface area contributed by atoms with Gasteiger partial charge in [0, 0.05) is 23.2 Å². The molecular weight excluding hydrogens is 244 g/mol. The van der Waals surface area contributed by atoms with Gasteiger partial charge in [-0.2, -0.15) is 0 Å². The highest BCUT2D eigenvalue weighted by Gasteiger charge is 2.28. The maximum Gasteiger partial charge on any atom is 0.266 e. The Kier molecular flexibility index (Phi) is 2.74. The molecule has 0 unspecified atom stereocenters. The van der Waals surface area contributed by atoms with Gasteiger partial charge in [-0.15, -0.1) is 11.3 Å². The number of amides is 1. The molecule has 1 aromatic heterocycles. The van der Waals surface area contributed by atoms with Gasteiger partial charge in [-0.1, -0.05) is 18.2 Å². The first kappa shape index (κ1) is 11.5. The van der Waals surface area contributed by atoms with E-state index in [4.69, 9.17) is 5.73 Å². The fraction of sp³-hybridized carbons (Fsp3) is 0.357. The number of hydrogen-bond acceptors (Lipinski definition) is 3. The number of carbonyl (C=O) groups is 1. The van der Waals surface area contributed by atoms with Crippen molar-refractivity contribution in [1.82, 2.24) is 4.90 Å². The van der Waals surface area contributed by atoms with Crippen LogP contribution in [0.4, 0.5) is 5.69 Å². The highest BCUT2D eigenvalue weighted by molar-refractivity contribution is 7.21. The van der Waals surface area contributed by atoms with E-state index in [-0.39, 0.29) is 5.91 Å². The quantitative estimate of drug-likeness (QED) is 0.901. The van der Waals surface area contributed by atoms with Crippen LogP contribution in [0.1, 0.15) is 28.9 Å². The molecule has 1 amide bonds. The number of nitrogens with zero attached hydrogens (tertiary/aromatic N) is 1. The van der Waals surface area contributed by atoms with Crippen LogP contribution in [0, 0.1) is 0 Å². The smallest absolute Gasteiger partial charge is 0.266 e. The van der Waals surface area contributed by atoms with Gasteiger partial charge in [-0.25, -0.2) is 0 Å². The summed E-state index contributed by atoms with van der Waals surface area (Å²) in [7, 11) is 1.88. The maximum atomic E-state index is 12.4. The summed E-state index contributed by atoms with van der Waals surface area (Å²) in [6.45, 7) is 0. The van der Waals surface area contributed by atoms with Crippen LogP contribution >= 0.6 is 11.3 Å². The van der Waals surface area contributed by atoms with E-state index < -0.39 is 0 Å². The predicted octanol–water partition coefficient (Wildman–Crippen LogP) is 3.11. The van der Waals surface area contributed by atoms with Crippen LogP contribution in [0.5, 0.6) is 0 Å². The molecule has 1 fully saturated rings. The number of benzene rings is 1. The SMILES string of the molecule is CN(C(=O)c1sc2ccccc2c1N)C1CCC1. The van der Waals surface area contributed by atoms with E-state index in [1.807, 2.05) is 36.2 Å². The van der Waals surface area contributed by atoms with Crippen LogP contribution in [0.15, 0.2) is 24.3 Å². The number of hydrogen-bond donors (Lipinski definition) is 1. The molecule has 1 aliphatic carbocycles. The van der Waals surface area contributed by atoms with E-state index in [1.54, 1.807) is 0 Å². The minimum Gasteiger partial charge on any atom is -0.397 e. The minimum absolute atomic E-state index is 0.0680. The fourth-order valence-corrected chi connectivity index (χ4v) is 3.43. The summed E-state index contributed by atoms with van der Waals surface area (Å²) in [6, 6.07) is 8.32. The van der Waals surface area contributed by atoms with Gasteiger partial charge < -0.3 is 10.6 Å². The van der Waals surface area contributed by atoms with Gasteiger partial charge in [0.25, 0.3) is 5.91 Å². The summed E-state index contributed by atoms with van der Waals surface area (Å²) in [4.78, 5) is 15.0. The molecule has 0 atom stereocenters. The van der Waals surface area contributed by atoms with Crippen molar-refractivity contribution in [2.24, 2.45) is 0 Å². The summed E-state index contributed by atoms with van der Waals surface area (Å²) in [5.74, 6) is 0.0680. The van der Waals surface area contributed by atoms with Crippen molar-refractivity contribution >= 4 is 33.0 Å². The lowest BCUT2D eigenvalue weighted by atomic mass is 9.92. The van der Waals surface area contributed by atoms with Crippen molar-refractivity contribution in [2.75, 3.05) is 12.8 Å². The first-order valence-electron chi connectivity index (χ1n) is 6.22. The molecule has 0 aliphatic heterocycles. The van der Waals surface area contributed by atoms with E-state index in [2.05, 4.69) is 0 Å². The lowest BCUT2D eigenvalue weighted by Crippen LogP contribution is -2.41. The normalized spacial score (nSPS) is 15.6. The predicted molar refractivity (Wildman–Crippen MR) is 76.0 cm³/mol. The molecule has 1 heterocycles. The van der Waals surface area contributed by atoms with Gasteiger partial charge in [0.2, 0.25) is 0 Å². The first-order valence-corrected chi connectivity index (χ1v) is 7.04. The minimum atomic E-state index is 0.0680. The Morgan fingerprint density at radius 2 is 2.11 bits per heavy atom. The number of thiophene rings is 1. The highest BCUT2D eigenvalue weighted by atomic mass is 32.1. The standard InChI is InChI=1S/C14H16N2OS/c1-16(9-5-4-6-9)14(17)13-12(15)10-7-2-3-8-11(10)18-13/h2-3,7-9H,4-6,15H2,1H3. The Hall–Kier alpha value is -1.55. The van der Waals surface area contributed by atoms with Crippen LogP contribution in [-0.2, 0) is 0 Å². The van der Waals surface area contributed by atoms with Crippen molar-refractivity contribution < 1.29 is 4.79 Å². The zero-order chi connectivity index (χ0) is 12.7. The Labute approximate surface area is 110 Å². The first-order chi connectivity index (χ1) is 8.68. The Morgan fingerprint density at radius 1 is 1.39 bits per heavy atom. The number of fused-ring (bicyclic) bond motifs is 1. The second kappa shape index (κ2) is 4.28. The largest absolute Gasteiger partial charge is 0.397 e. The molecule has 0 spiro atoms. The Bertz CT molecular complexity index is 601. The molecule has 3 nitrogen and oxygen atoms in total. The lowest BCUT2D eigenvalue weighted by Gasteiger charge is -2.34. The van der Waals surface area contributed by atoms with Crippen molar-refractivity contribution in [1.29, 1.82) is 0 Å². The molecule has 0 saturated heterocycles. The van der Waals surface area contributed by atoms with E-state index in [9.17, 15) is 4.79 Å². The molecule has 4 heteroatoms. The van der Waals surface area contributed by atoms with Gasteiger partial charge >= 0.3 is 0 Å². The maximum absolute atomic E-state index is 12.4. The number of nitrogen functional groups attached to an aromatic ring is 1. The van der Waals surface area contributed by atoms with Crippen LogP contribution in [-0.4, -0.2) is 23.9 Å². The molecule has 0 radical (unpaired) electrons. The van der Waals surface area contributed by atoms with Crippen molar-refractivity contribution in [2.45, 2.75) is 25.3 Å². The zero-order valence-electron chi connectivity index (χ0n) is 10.3. The number of rotatable bonds is 2. The Balaban J connectivity index is 1.98.